The van der Waals surface area contributed by atoms with Crippen molar-refractivity contribution in [1.82, 2.24) is 15.2 Å². The average molecular weight is 670 g/mol. The van der Waals surface area contributed by atoms with Crippen molar-refractivity contribution < 1.29 is 0 Å². The van der Waals surface area contributed by atoms with E-state index in [1.165, 1.54) is 27.8 Å². The van der Waals surface area contributed by atoms with Gasteiger partial charge in [-0.05, 0) is 53.6 Å². The summed E-state index contributed by atoms with van der Waals surface area (Å²) in [7, 11) is 0. The Labute approximate surface area is 303 Å². The largest absolute Gasteiger partial charge is 0.386 e. The van der Waals surface area contributed by atoms with Gasteiger partial charge in [0, 0.05) is 51.8 Å². The van der Waals surface area contributed by atoms with Crippen molar-refractivity contribution >= 4 is 33.7 Å². The van der Waals surface area contributed by atoms with Gasteiger partial charge in [-0.25, -0.2) is 0 Å². The number of aromatic nitrogens is 1. The maximum absolute atomic E-state index is 5.31. The van der Waals surface area contributed by atoms with Gasteiger partial charge < -0.3 is 20.1 Å². The zero-order valence-electron chi connectivity index (χ0n) is 28.4. The van der Waals surface area contributed by atoms with Gasteiger partial charge in [-0.2, -0.15) is 0 Å². The Morgan fingerprint density at radius 1 is 0.635 bits per heavy atom. The highest BCUT2D eigenvalue weighted by molar-refractivity contribution is 6.14. The number of anilines is 2. The molecule has 0 saturated heterocycles. The van der Waals surface area contributed by atoms with Crippen molar-refractivity contribution in [3.8, 4) is 28.1 Å². The molecule has 0 fully saturated rings. The molecule has 0 bridgehead atoms. The van der Waals surface area contributed by atoms with Gasteiger partial charge in [0.1, 0.15) is 6.17 Å². The van der Waals surface area contributed by atoms with Crippen molar-refractivity contribution in [1.29, 1.82) is 0 Å². The molecule has 7 aromatic rings. The number of dihydropyridines is 1. The summed E-state index contributed by atoms with van der Waals surface area (Å²) >= 11 is 0. The van der Waals surface area contributed by atoms with Crippen molar-refractivity contribution in [3.05, 3.63) is 205 Å². The van der Waals surface area contributed by atoms with Crippen molar-refractivity contribution in [3.63, 3.8) is 0 Å². The zero-order valence-corrected chi connectivity index (χ0v) is 28.4. The fraction of sp³-hybridized carbons (Fsp3) is 0.0426. The number of para-hydroxylation sites is 3. The van der Waals surface area contributed by atoms with Crippen LogP contribution in [0.2, 0.25) is 0 Å². The molecule has 52 heavy (non-hydrogen) atoms. The van der Waals surface area contributed by atoms with E-state index in [2.05, 4.69) is 196 Å². The van der Waals surface area contributed by atoms with Crippen LogP contribution >= 0.6 is 0 Å². The number of nitrogens with zero attached hydrogens (tertiary/aromatic N) is 3. The van der Waals surface area contributed by atoms with Crippen molar-refractivity contribution in [2.45, 2.75) is 6.17 Å². The molecule has 4 heterocycles. The molecule has 0 spiro atoms. The molecule has 6 aromatic carbocycles. The summed E-state index contributed by atoms with van der Waals surface area (Å²) in [5.41, 5.74) is 15.7. The molecule has 0 saturated carbocycles. The van der Waals surface area contributed by atoms with Gasteiger partial charge in [0.15, 0.2) is 0 Å². The van der Waals surface area contributed by atoms with Crippen LogP contribution in [0.25, 0.3) is 44.7 Å². The first-order valence-corrected chi connectivity index (χ1v) is 17.8. The third-order valence-electron chi connectivity index (χ3n) is 10.2. The van der Waals surface area contributed by atoms with Gasteiger partial charge >= 0.3 is 0 Å². The Kier molecular flexibility index (Phi) is 7.21. The Morgan fingerprint density at radius 3 is 2.13 bits per heavy atom. The highest BCUT2D eigenvalue weighted by Crippen LogP contribution is 2.53. The summed E-state index contributed by atoms with van der Waals surface area (Å²) in [4.78, 5) is 7.70. The minimum absolute atomic E-state index is 0.212. The monoisotopic (exact) mass is 669 g/mol. The van der Waals surface area contributed by atoms with Gasteiger partial charge in [0.25, 0.3) is 0 Å². The van der Waals surface area contributed by atoms with E-state index in [4.69, 9.17) is 4.99 Å². The molecule has 1 unspecified atom stereocenters. The fourth-order valence-corrected chi connectivity index (χ4v) is 7.87. The Balaban J connectivity index is 1.21. The fourth-order valence-electron chi connectivity index (χ4n) is 7.87. The van der Waals surface area contributed by atoms with E-state index in [0.717, 1.165) is 62.9 Å². The molecule has 0 amide bonds. The molecule has 0 radical (unpaired) electrons. The molecule has 1 atom stereocenters. The number of hydrogen-bond donors (Lipinski definition) is 2. The van der Waals surface area contributed by atoms with Crippen LogP contribution in [-0.2, 0) is 0 Å². The van der Waals surface area contributed by atoms with E-state index in [0.29, 0.717) is 0 Å². The normalized spacial score (nSPS) is 16.0. The number of allylic oxidation sites excluding steroid dienone is 2. The molecule has 3 aliphatic heterocycles. The SMILES string of the molecule is C1=CC(N2c3ccccc3-c3c(n(-c4cccc(C5=NC(c6ccccc6)NC(c6ccccc6)=C5)c4)c4ccccc34)-c3ccccc32)=CNC1. The van der Waals surface area contributed by atoms with Crippen molar-refractivity contribution in [2.75, 3.05) is 11.4 Å². The summed E-state index contributed by atoms with van der Waals surface area (Å²) in [6, 6.07) is 56.3. The smallest absolute Gasteiger partial charge is 0.145 e. The van der Waals surface area contributed by atoms with Crippen molar-refractivity contribution in [2.24, 2.45) is 4.99 Å². The average Bonchev–Trinajstić information content (AvgIpc) is 3.51. The molecule has 5 heteroatoms. The predicted octanol–water partition coefficient (Wildman–Crippen LogP) is 10.5. The Hall–Kier alpha value is -6.85. The van der Waals surface area contributed by atoms with Gasteiger partial charge in [0.2, 0.25) is 0 Å². The first-order valence-electron chi connectivity index (χ1n) is 17.8. The third kappa shape index (κ3) is 4.97. The lowest BCUT2D eigenvalue weighted by molar-refractivity contribution is 0.664. The van der Waals surface area contributed by atoms with E-state index in [9.17, 15) is 0 Å². The van der Waals surface area contributed by atoms with E-state index in [1.54, 1.807) is 0 Å². The summed E-state index contributed by atoms with van der Waals surface area (Å²) in [6.45, 7) is 0.822. The molecule has 5 nitrogen and oxygen atoms in total. The van der Waals surface area contributed by atoms with Gasteiger partial charge in [-0.15, -0.1) is 0 Å². The molecular weight excluding hydrogens is 635 g/mol. The second kappa shape index (κ2) is 12.5. The highest BCUT2D eigenvalue weighted by Gasteiger charge is 2.32. The number of hydrogen-bond acceptors (Lipinski definition) is 4. The summed E-state index contributed by atoms with van der Waals surface area (Å²) in [6.07, 6.45) is 8.50. The zero-order chi connectivity index (χ0) is 34.4. The molecule has 2 N–H and O–H groups in total. The minimum Gasteiger partial charge on any atom is -0.386 e. The highest BCUT2D eigenvalue weighted by atomic mass is 15.2. The topological polar surface area (TPSA) is 44.6 Å². The van der Waals surface area contributed by atoms with E-state index in [-0.39, 0.29) is 6.17 Å². The van der Waals surface area contributed by atoms with Crippen LogP contribution < -0.4 is 15.5 Å². The van der Waals surface area contributed by atoms with E-state index in [1.807, 2.05) is 6.07 Å². The molecule has 248 valence electrons. The number of aliphatic imine (C=N–C) groups is 1. The van der Waals surface area contributed by atoms with Crippen LogP contribution in [0, 0.1) is 0 Å². The third-order valence-corrected chi connectivity index (χ3v) is 10.2. The second-order valence-corrected chi connectivity index (χ2v) is 13.3. The number of nitrogens with one attached hydrogen (secondary N) is 2. The van der Waals surface area contributed by atoms with E-state index < -0.39 is 0 Å². The van der Waals surface area contributed by atoms with Gasteiger partial charge in [-0.1, -0.05) is 133 Å². The lowest BCUT2D eigenvalue weighted by Gasteiger charge is -2.29. The van der Waals surface area contributed by atoms with Crippen LogP contribution in [0.5, 0.6) is 0 Å². The summed E-state index contributed by atoms with van der Waals surface area (Å²) < 4.78 is 2.45. The quantitative estimate of drug-likeness (QED) is 0.192. The molecular formula is C47H35N5. The van der Waals surface area contributed by atoms with Crippen LogP contribution in [0.4, 0.5) is 11.4 Å². The maximum Gasteiger partial charge on any atom is 0.145 e. The first-order chi connectivity index (χ1) is 25.8. The summed E-state index contributed by atoms with van der Waals surface area (Å²) in [5, 5.41) is 8.36. The molecule has 10 rings (SSSR count). The maximum atomic E-state index is 5.31. The lowest BCUT2D eigenvalue weighted by Crippen LogP contribution is -2.24. The predicted molar refractivity (Wildman–Crippen MR) is 215 cm³/mol. The number of rotatable bonds is 5. The van der Waals surface area contributed by atoms with Crippen LogP contribution in [-0.4, -0.2) is 16.8 Å². The van der Waals surface area contributed by atoms with Gasteiger partial charge in [-0.3, -0.25) is 4.99 Å². The Bertz CT molecular complexity index is 2610. The molecule has 1 aromatic heterocycles. The Morgan fingerprint density at radius 2 is 1.33 bits per heavy atom. The first kappa shape index (κ1) is 30.0. The van der Waals surface area contributed by atoms with Crippen LogP contribution in [0.1, 0.15) is 22.9 Å². The molecule has 0 aliphatic carbocycles. The lowest BCUT2D eigenvalue weighted by atomic mass is 9.98. The van der Waals surface area contributed by atoms with Crippen LogP contribution in [0.3, 0.4) is 0 Å². The summed E-state index contributed by atoms with van der Waals surface area (Å²) in [5.74, 6) is 0. The molecule has 3 aliphatic rings. The van der Waals surface area contributed by atoms with Gasteiger partial charge in [0.05, 0.1) is 34.0 Å². The second-order valence-electron chi connectivity index (χ2n) is 13.3. The standard InChI is InChI=1S/C47H35N5/c1-3-15-32(16-4-1)40-30-41(50-47(49-40)33-17-5-2-6-18-33)34-19-13-20-35(29-34)52-43-26-11-8-23-38(43)45-37-22-7-10-25-42(37)51(36-21-14-28-48-31-36)44-27-12-9-24-39(44)46(45)52/h1-27,29-31,47-49H,28H2. The van der Waals surface area contributed by atoms with Crippen LogP contribution in [0.15, 0.2) is 193 Å². The number of fused-ring (bicyclic) bond motifs is 7. The number of benzene rings is 6. The van der Waals surface area contributed by atoms with E-state index >= 15 is 0 Å². The minimum atomic E-state index is -0.212.